The van der Waals surface area contributed by atoms with Crippen molar-refractivity contribution in [3.05, 3.63) is 50.6 Å². The normalized spacial score (nSPS) is 12.4. The largest absolute Gasteiger partial charge is 0.497 e. The predicted octanol–water partition coefficient (Wildman–Crippen LogP) is 5.16. The van der Waals surface area contributed by atoms with Crippen LogP contribution >= 0.6 is 38.9 Å². The van der Waals surface area contributed by atoms with Crippen LogP contribution in [0.15, 0.2) is 40.2 Å². The van der Waals surface area contributed by atoms with Gasteiger partial charge in [0.2, 0.25) is 0 Å². The fourth-order valence-corrected chi connectivity index (χ4v) is 3.88. The molecular weight excluding hydrogens is 344 g/mol. The van der Waals surface area contributed by atoms with E-state index < -0.39 is 0 Å². The van der Waals surface area contributed by atoms with Crippen LogP contribution in [0.25, 0.3) is 0 Å². The van der Waals surface area contributed by atoms with E-state index in [1.165, 1.54) is 14.2 Å². The summed E-state index contributed by atoms with van der Waals surface area (Å²) in [5.41, 5.74) is 1.28. The number of rotatable bonds is 6. The van der Waals surface area contributed by atoms with E-state index in [0.29, 0.717) is 11.8 Å². The second-order valence-electron chi connectivity index (χ2n) is 4.49. The molecule has 0 radical (unpaired) electrons. The number of methoxy groups -OCH3 is 1. The minimum atomic E-state index is 0.458. The van der Waals surface area contributed by atoms with Gasteiger partial charge in [0.15, 0.2) is 0 Å². The van der Waals surface area contributed by atoms with Gasteiger partial charge in [-0.1, -0.05) is 12.1 Å². The highest BCUT2D eigenvalue weighted by Crippen LogP contribution is 2.26. The van der Waals surface area contributed by atoms with E-state index in [0.717, 1.165) is 18.6 Å². The quantitative estimate of drug-likeness (QED) is 0.647. The summed E-state index contributed by atoms with van der Waals surface area (Å²) < 4.78 is 6.43. The average Bonchev–Trinajstić information content (AvgIpc) is 2.83. The summed E-state index contributed by atoms with van der Waals surface area (Å²) >= 11 is 11.4. The number of thiophene rings is 1. The number of halogens is 2. The Hall–Kier alpha value is -0.510. The standard InChI is InChI=1S/C15H16BrClOS/c1-18-13-4-2-3-11(8-13)7-12(10-17)9-14-5-6-15(16)19-14/h2-6,8,12H,7,9-10H2,1H3. The van der Waals surface area contributed by atoms with Gasteiger partial charge in [-0.15, -0.1) is 22.9 Å². The molecule has 0 spiro atoms. The molecular formula is C15H16BrClOS. The molecule has 102 valence electrons. The lowest BCUT2D eigenvalue weighted by Gasteiger charge is -2.13. The SMILES string of the molecule is COc1cccc(CC(CCl)Cc2ccc(Br)s2)c1. The fourth-order valence-electron chi connectivity index (χ4n) is 2.06. The third-order valence-corrected chi connectivity index (χ3v) is 5.08. The van der Waals surface area contributed by atoms with Crippen LogP contribution in [0.3, 0.4) is 0 Å². The van der Waals surface area contributed by atoms with Crippen molar-refractivity contribution in [2.24, 2.45) is 5.92 Å². The van der Waals surface area contributed by atoms with Gasteiger partial charge in [0.25, 0.3) is 0 Å². The molecule has 0 bridgehead atoms. The van der Waals surface area contributed by atoms with E-state index in [-0.39, 0.29) is 0 Å². The van der Waals surface area contributed by atoms with Crippen molar-refractivity contribution in [3.8, 4) is 5.75 Å². The van der Waals surface area contributed by atoms with E-state index in [1.54, 1.807) is 18.4 Å². The van der Waals surface area contributed by atoms with Crippen molar-refractivity contribution in [1.29, 1.82) is 0 Å². The maximum Gasteiger partial charge on any atom is 0.119 e. The van der Waals surface area contributed by atoms with Crippen LogP contribution in [0.5, 0.6) is 5.75 Å². The summed E-state index contributed by atoms with van der Waals surface area (Å²) in [4.78, 5) is 1.38. The van der Waals surface area contributed by atoms with Gasteiger partial charge in [0.05, 0.1) is 10.9 Å². The highest BCUT2D eigenvalue weighted by atomic mass is 79.9. The van der Waals surface area contributed by atoms with E-state index in [9.17, 15) is 0 Å². The van der Waals surface area contributed by atoms with E-state index in [2.05, 4.69) is 40.2 Å². The molecule has 1 atom stereocenters. The Morgan fingerprint density at radius 1 is 1.26 bits per heavy atom. The first-order chi connectivity index (χ1) is 9.21. The summed E-state index contributed by atoms with van der Waals surface area (Å²) in [5.74, 6) is 2.04. The van der Waals surface area contributed by atoms with Crippen molar-refractivity contribution in [1.82, 2.24) is 0 Å². The number of benzene rings is 1. The third-order valence-electron chi connectivity index (χ3n) is 3.00. The molecule has 0 N–H and O–H groups in total. The van der Waals surface area contributed by atoms with Crippen molar-refractivity contribution in [2.45, 2.75) is 12.8 Å². The van der Waals surface area contributed by atoms with Gasteiger partial charge < -0.3 is 4.74 Å². The summed E-state index contributed by atoms with van der Waals surface area (Å²) in [6, 6.07) is 12.5. The molecule has 4 heteroatoms. The second-order valence-corrected chi connectivity index (χ2v) is 7.34. The Balaban J connectivity index is 2.01. The molecule has 1 heterocycles. The molecule has 1 aromatic heterocycles. The Kier molecular flexibility index (Phi) is 5.74. The highest BCUT2D eigenvalue weighted by molar-refractivity contribution is 9.11. The molecule has 0 fully saturated rings. The lowest BCUT2D eigenvalue weighted by molar-refractivity contribution is 0.414. The molecule has 0 saturated carbocycles. The predicted molar refractivity (Wildman–Crippen MR) is 86.6 cm³/mol. The second kappa shape index (κ2) is 7.32. The first-order valence-corrected chi connectivity index (χ1v) is 8.28. The minimum absolute atomic E-state index is 0.458. The van der Waals surface area contributed by atoms with Gasteiger partial charge >= 0.3 is 0 Å². The molecule has 0 saturated heterocycles. The maximum atomic E-state index is 6.11. The summed E-state index contributed by atoms with van der Waals surface area (Å²) in [5, 5.41) is 0. The Bertz CT molecular complexity index is 526. The van der Waals surface area contributed by atoms with Crippen molar-refractivity contribution >= 4 is 38.9 Å². The Labute approximate surface area is 131 Å². The fraction of sp³-hybridized carbons (Fsp3) is 0.333. The van der Waals surface area contributed by atoms with Crippen molar-refractivity contribution in [2.75, 3.05) is 13.0 Å². The summed E-state index contributed by atoms with van der Waals surface area (Å²) in [6.45, 7) is 0. The van der Waals surface area contributed by atoms with E-state index >= 15 is 0 Å². The molecule has 1 nitrogen and oxygen atoms in total. The number of alkyl halides is 1. The smallest absolute Gasteiger partial charge is 0.119 e. The zero-order valence-electron chi connectivity index (χ0n) is 10.7. The van der Waals surface area contributed by atoms with Crippen molar-refractivity contribution in [3.63, 3.8) is 0 Å². The molecule has 0 aliphatic rings. The van der Waals surface area contributed by atoms with Crippen LogP contribution < -0.4 is 4.74 Å². The lowest BCUT2D eigenvalue weighted by Crippen LogP contribution is -2.09. The molecule has 2 rings (SSSR count). The van der Waals surface area contributed by atoms with Crippen LogP contribution in [-0.4, -0.2) is 13.0 Å². The first-order valence-electron chi connectivity index (χ1n) is 6.14. The van der Waals surface area contributed by atoms with E-state index in [1.807, 2.05) is 12.1 Å². The summed E-state index contributed by atoms with van der Waals surface area (Å²) in [7, 11) is 1.70. The Morgan fingerprint density at radius 3 is 2.74 bits per heavy atom. The molecule has 19 heavy (non-hydrogen) atoms. The Morgan fingerprint density at radius 2 is 2.11 bits per heavy atom. The van der Waals surface area contributed by atoms with Gasteiger partial charge in [0.1, 0.15) is 5.75 Å². The maximum absolute atomic E-state index is 6.11. The van der Waals surface area contributed by atoms with Gasteiger partial charge in [-0.25, -0.2) is 0 Å². The lowest BCUT2D eigenvalue weighted by atomic mass is 9.97. The molecule has 0 amide bonds. The van der Waals surface area contributed by atoms with E-state index in [4.69, 9.17) is 16.3 Å². The number of hydrogen-bond acceptors (Lipinski definition) is 2. The molecule has 0 aliphatic carbocycles. The summed E-state index contributed by atoms with van der Waals surface area (Å²) in [6.07, 6.45) is 2.01. The highest BCUT2D eigenvalue weighted by Gasteiger charge is 2.11. The molecule has 1 aromatic carbocycles. The van der Waals surface area contributed by atoms with Crippen LogP contribution in [0.4, 0.5) is 0 Å². The first kappa shape index (κ1) is 14.9. The van der Waals surface area contributed by atoms with Gasteiger partial charge in [0, 0.05) is 10.8 Å². The number of hydrogen-bond donors (Lipinski definition) is 0. The van der Waals surface area contributed by atoms with Crippen molar-refractivity contribution < 1.29 is 4.74 Å². The third kappa shape index (κ3) is 4.51. The van der Waals surface area contributed by atoms with Crippen LogP contribution in [0.2, 0.25) is 0 Å². The zero-order valence-corrected chi connectivity index (χ0v) is 13.9. The van der Waals surface area contributed by atoms with Gasteiger partial charge in [-0.05, 0) is 64.5 Å². The van der Waals surface area contributed by atoms with Crippen LogP contribution in [-0.2, 0) is 12.8 Å². The topological polar surface area (TPSA) is 9.23 Å². The van der Waals surface area contributed by atoms with Crippen LogP contribution in [0.1, 0.15) is 10.4 Å². The molecule has 0 aliphatic heterocycles. The van der Waals surface area contributed by atoms with Gasteiger partial charge in [-0.3, -0.25) is 0 Å². The number of ether oxygens (including phenoxy) is 1. The van der Waals surface area contributed by atoms with Crippen LogP contribution in [0, 0.1) is 5.92 Å². The monoisotopic (exact) mass is 358 g/mol. The molecule has 1 unspecified atom stereocenters. The zero-order chi connectivity index (χ0) is 13.7. The minimum Gasteiger partial charge on any atom is -0.497 e. The average molecular weight is 360 g/mol. The molecule has 2 aromatic rings. The van der Waals surface area contributed by atoms with Gasteiger partial charge in [-0.2, -0.15) is 0 Å².